The molecule has 92 valence electrons. The molecule has 1 aromatic rings. The summed E-state index contributed by atoms with van der Waals surface area (Å²) in [6.07, 6.45) is -0.176. The van der Waals surface area contributed by atoms with Gasteiger partial charge < -0.3 is 9.47 Å². The predicted molar refractivity (Wildman–Crippen MR) is 73.3 cm³/mol. The first-order valence-electron chi connectivity index (χ1n) is 5.82. The molecular formula is C12H22O2SSi. The molecule has 0 atom stereocenters. The highest BCUT2D eigenvalue weighted by molar-refractivity contribution is 7.26. The Hall–Kier alpha value is -0.163. The van der Waals surface area contributed by atoms with Crippen molar-refractivity contribution in [3.05, 3.63) is 17.0 Å². The predicted octanol–water partition coefficient (Wildman–Crippen LogP) is 3.36. The maximum absolute atomic E-state index is 5.60. The van der Waals surface area contributed by atoms with E-state index in [1.165, 1.54) is 9.38 Å². The summed E-state index contributed by atoms with van der Waals surface area (Å²) in [6, 6.07) is 4.38. The van der Waals surface area contributed by atoms with Crippen LogP contribution in [0, 0.1) is 0 Å². The van der Waals surface area contributed by atoms with E-state index in [-0.39, 0.29) is 6.29 Å². The molecule has 0 fully saturated rings. The molecular weight excluding hydrogens is 236 g/mol. The van der Waals surface area contributed by atoms with Gasteiger partial charge in [0.05, 0.1) is 13.0 Å². The Bertz CT molecular complexity index is 311. The van der Waals surface area contributed by atoms with E-state index in [0.717, 1.165) is 0 Å². The van der Waals surface area contributed by atoms with E-state index in [9.17, 15) is 0 Å². The third kappa shape index (κ3) is 3.70. The minimum absolute atomic E-state index is 0.176. The van der Waals surface area contributed by atoms with Gasteiger partial charge in [0, 0.05) is 13.2 Å². The summed E-state index contributed by atoms with van der Waals surface area (Å²) >= 11 is 1.84. The van der Waals surface area contributed by atoms with E-state index in [2.05, 4.69) is 31.8 Å². The minimum atomic E-state index is -1.20. The molecule has 0 saturated heterocycles. The second-order valence-corrected chi connectivity index (χ2v) is 11.2. The van der Waals surface area contributed by atoms with Gasteiger partial charge in [0.25, 0.3) is 0 Å². The van der Waals surface area contributed by atoms with Crippen molar-refractivity contribution in [2.24, 2.45) is 0 Å². The SMILES string of the molecule is CCOC(OCC)c1ccc([Si](C)(C)C)s1. The first-order valence-corrected chi connectivity index (χ1v) is 10.1. The second kappa shape index (κ2) is 5.96. The van der Waals surface area contributed by atoms with Gasteiger partial charge in [-0.25, -0.2) is 0 Å². The zero-order valence-electron chi connectivity index (χ0n) is 10.9. The molecule has 0 bridgehead atoms. The minimum Gasteiger partial charge on any atom is -0.348 e. The topological polar surface area (TPSA) is 18.5 Å². The zero-order valence-corrected chi connectivity index (χ0v) is 12.7. The van der Waals surface area contributed by atoms with Gasteiger partial charge in [0.2, 0.25) is 0 Å². The summed E-state index contributed by atoms with van der Waals surface area (Å²) in [5.74, 6) is 0. The van der Waals surface area contributed by atoms with Crippen LogP contribution in [0.25, 0.3) is 0 Å². The monoisotopic (exact) mass is 258 g/mol. The van der Waals surface area contributed by atoms with Crippen molar-refractivity contribution in [1.29, 1.82) is 0 Å². The highest BCUT2D eigenvalue weighted by Crippen LogP contribution is 2.24. The van der Waals surface area contributed by atoms with Crippen molar-refractivity contribution < 1.29 is 9.47 Å². The van der Waals surface area contributed by atoms with Gasteiger partial charge >= 0.3 is 0 Å². The van der Waals surface area contributed by atoms with Crippen molar-refractivity contribution >= 4 is 23.9 Å². The van der Waals surface area contributed by atoms with Crippen LogP contribution in [0.15, 0.2) is 12.1 Å². The largest absolute Gasteiger partial charge is 0.348 e. The lowest BCUT2D eigenvalue weighted by Gasteiger charge is -2.16. The number of ether oxygens (including phenoxy) is 2. The van der Waals surface area contributed by atoms with Crippen molar-refractivity contribution in [1.82, 2.24) is 0 Å². The molecule has 0 aliphatic rings. The summed E-state index contributed by atoms with van der Waals surface area (Å²) in [5, 5.41) is 0. The van der Waals surface area contributed by atoms with Gasteiger partial charge in [0.1, 0.15) is 0 Å². The van der Waals surface area contributed by atoms with Crippen LogP contribution >= 0.6 is 11.3 Å². The van der Waals surface area contributed by atoms with Crippen LogP contribution in [0.1, 0.15) is 25.0 Å². The van der Waals surface area contributed by atoms with Gasteiger partial charge in [-0.1, -0.05) is 25.7 Å². The molecule has 0 radical (unpaired) electrons. The van der Waals surface area contributed by atoms with E-state index >= 15 is 0 Å². The molecule has 0 aliphatic carbocycles. The van der Waals surface area contributed by atoms with Crippen molar-refractivity contribution in [3.63, 3.8) is 0 Å². The van der Waals surface area contributed by atoms with Crippen LogP contribution in [0.3, 0.4) is 0 Å². The zero-order chi connectivity index (χ0) is 12.2. The molecule has 0 N–H and O–H groups in total. The van der Waals surface area contributed by atoms with Crippen molar-refractivity contribution in [2.75, 3.05) is 13.2 Å². The van der Waals surface area contributed by atoms with E-state index in [0.29, 0.717) is 13.2 Å². The Morgan fingerprint density at radius 3 is 2.06 bits per heavy atom. The first-order chi connectivity index (χ1) is 7.49. The molecule has 1 aromatic heterocycles. The van der Waals surface area contributed by atoms with Crippen LogP contribution in [-0.2, 0) is 9.47 Å². The lowest BCUT2D eigenvalue weighted by atomic mass is 10.4. The first kappa shape index (κ1) is 13.9. The maximum Gasteiger partial charge on any atom is 0.193 e. The number of hydrogen-bond donors (Lipinski definition) is 0. The third-order valence-electron chi connectivity index (χ3n) is 2.23. The molecule has 0 aromatic carbocycles. The van der Waals surface area contributed by atoms with Crippen LogP contribution < -0.4 is 4.50 Å². The molecule has 0 aliphatic heterocycles. The number of thiophene rings is 1. The highest BCUT2D eigenvalue weighted by Gasteiger charge is 2.21. The summed E-state index contributed by atoms with van der Waals surface area (Å²) in [7, 11) is -1.20. The molecule has 16 heavy (non-hydrogen) atoms. The smallest absolute Gasteiger partial charge is 0.193 e. The lowest BCUT2D eigenvalue weighted by Crippen LogP contribution is -2.34. The normalized spacial score (nSPS) is 12.4. The second-order valence-electron chi connectivity index (χ2n) is 4.69. The Morgan fingerprint density at radius 1 is 1.12 bits per heavy atom. The molecule has 2 nitrogen and oxygen atoms in total. The third-order valence-corrected chi connectivity index (χ3v) is 6.94. The fraction of sp³-hybridized carbons (Fsp3) is 0.667. The average Bonchev–Trinajstić information content (AvgIpc) is 2.65. The van der Waals surface area contributed by atoms with E-state index in [1.54, 1.807) is 0 Å². The Balaban J connectivity index is 2.81. The van der Waals surface area contributed by atoms with Crippen LogP contribution in [0.4, 0.5) is 0 Å². The molecule has 0 unspecified atom stereocenters. The average molecular weight is 258 g/mol. The van der Waals surface area contributed by atoms with Gasteiger partial charge in [-0.15, -0.1) is 11.3 Å². The van der Waals surface area contributed by atoms with Crippen LogP contribution in [0.5, 0.6) is 0 Å². The molecule has 0 spiro atoms. The maximum atomic E-state index is 5.60. The summed E-state index contributed by atoms with van der Waals surface area (Å²) in [5.41, 5.74) is 0. The molecule has 4 heteroatoms. The lowest BCUT2D eigenvalue weighted by molar-refractivity contribution is -0.138. The molecule has 0 amide bonds. The molecule has 0 saturated carbocycles. The van der Waals surface area contributed by atoms with Gasteiger partial charge in [-0.3, -0.25) is 0 Å². The highest BCUT2D eigenvalue weighted by atomic mass is 32.1. The van der Waals surface area contributed by atoms with E-state index in [1.807, 2.05) is 25.2 Å². The summed E-state index contributed by atoms with van der Waals surface area (Å²) in [4.78, 5) is 1.20. The quantitative estimate of drug-likeness (QED) is 0.575. The van der Waals surface area contributed by atoms with Crippen LogP contribution in [-0.4, -0.2) is 21.3 Å². The van der Waals surface area contributed by atoms with Crippen LogP contribution in [0.2, 0.25) is 19.6 Å². The van der Waals surface area contributed by atoms with Gasteiger partial charge in [-0.2, -0.15) is 0 Å². The summed E-state index contributed by atoms with van der Waals surface area (Å²) in [6.45, 7) is 12.4. The van der Waals surface area contributed by atoms with E-state index < -0.39 is 8.07 Å². The molecule has 1 heterocycles. The van der Waals surface area contributed by atoms with Crippen molar-refractivity contribution in [2.45, 2.75) is 39.8 Å². The number of rotatable bonds is 6. The van der Waals surface area contributed by atoms with Gasteiger partial charge in [-0.05, 0) is 24.4 Å². The van der Waals surface area contributed by atoms with Gasteiger partial charge in [0.15, 0.2) is 6.29 Å². The fourth-order valence-electron chi connectivity index (χ4n) is 1.40. The van der Waals surface area contributed by atoms with E-state index in [4.69, 9.17) is 9.47 Å². The Labute approximate surface area is 104 Å². The standard InChI is InChI=1S/C12H22O2SSi/c1-6-13-12(14-7-2)10-8-9-11(15-10)16(3,4)5/h8-9,12H,6-7H2,1-5H3. The van der Waals surface area contributed by atoms with Crippen molar-refractivity contribution in [3.8, 4) is 0 Å². The Morgan fingerprint density at radius 2 is 1.69 bits per heavy atom. The number of hydrogen-bond acceptors (Lipinski definition) is 3. The Kier molecular flexibility index (Phi) is 5.18. The summed E-state index contributed by atoms with van der Waals surface area (Å²) < 4.78 is 12.7. The molecule has 1 rings (SSSR count). The fourth-order valence-corrected chi connectivity index (χ4v) is 4.32.